The van der Waals surface area contributed by atoms with E-state index in [-0.39, 0.29) is 5.91 Å². The van der Waals surface area contributed by atoms with Crippen molar-refractivity contribution in [2.75, 3.05) is 0 Å². The first-order valence-corrected chi connectivity index (χ1v) is 7.67. The van der Waals surface area contributed by atoms with Crippen LogP contribution in [0.2, 0.25) is 0 Å². The lowest BCUT2D eigenvalue weighted by Gasteiger charge is -2.02. The molecule has 0 saturated carbocycles. The quantitative estimate of drug-likeness (QED) is 0.575. The number of hydrogen-bond acceptors (Lipinski definition) is 2. The fourth-order valence-electron chi connectivity index (χ4n) is 2.32. The van der Waals surface area contributed by atoms with E-state index in [1.54, 1.807) is 0 Å². The van der Waals surface area contributed by atoms with E-state index in [9.17, 15) is 9.59 Å². The zero-order valence-corrected chi connectivity index (χ0v) is 12.0. The van der Waals surface area contributed by atoms with Gasteiger partial charge in [-0.15, -0.1) is 0 Å². The van der Waals surface area contributed by atoms with E-state index in [1.807, 2.05) is 0 Å². The Labute approximate surface area is 116 Å². The molecule has 1 heterocycles. The normalized spacial score (nSPS) is 14.7. The molecule has 0 radical (unpaired) electrons. The molecule has 4 nitrogen and oxygen atoms in total. The van der Waals surface area contributed by atoms with E-state index in [0.29, 0.717) is 12.1 Å². The molecule has 0 bridgehead atoms. The lowest BCUT2D eigenvalue weighted by Crippen LogP contribution is -2.25. The standard InChI is InChI=1S/C15H26N2O2/c1-2-3-4-5-6-7-8-9-10-11-12-13-14(18)17-15(19)16-13/h2-12H2,1H3,(H,17,18,19). The number of nitrogens with one attached hydrogen (secondary N) is 1. The first-order valence-electron chi connectivity index (χ1n) is 7.67. The average Bonchev–Trinajstić information content (AvgIpc) is 2.70. The van der Waals surface area contributed by atoms with Crippen LogP contribution in [0, 0.1) is 0 Å². The zero-order chi connectivity index (χ0) is 13.9. The first-order chi connectivity index (χ1) is 9.24. The maximum Gasteiger partial charge on any atom is 0.348 e. The van der Waals surface area contributed by atoms with Gasteiger partial charge in [-0.25, -0.2) is 4.79 Å². The molecule has 0 aromatic carbocycles. The second-order valence-corrected chi connectivity index (χ2v) is 5.25. The Balaban J connectivity index is 1.88. The SMILES string of the molecule is CCCCCCCCCCCCC1=NC(=O)NC1=O. The molecule has 4 heteroatoms. The van der Waals surface area contributed by atoms with Crippen molar-refractivity contribution in [3.8, 4) is 0 Å². The molecule has 0 fully saturated rings. The summed E-state index contributed by atoms with van der Waals surface area (Å²) in [4.78, 5) is 25.7. The molecule has 1 rings (SSSR count). The van der Waals surface area contributed by atoms with Crippen LogP contribution in [0.1, 0.15) is 77.6 Å². The Morgan fingerprint density at radius 2 is 1.37 bits per heavy atom. The summed E-state index contributed by atoms with van der Waals surface area (Å²) in [6.45, 7) is 2.24. The molecule has 1 aliphatic rings. The van der Waals surface area contributed by atoms with Crippen molar-refractivity contribution in [1.82, 2.24) is 5.32 Å². The highest BCUT2D eigenvalue weighted by Gasteiger charge is 2.21. The van der Waals surface area contributed by atoms with Gasteiger partial charge in [0, 0.05) is 0 Å². The molecular weight excluding hydrogens is 240 g/mol. The largest absolute Gasteiger partial charge is 0.348 e. The minimum atomic E-state index is -0.507. The van der Waals surface area contributed by atoms with Gasteiger partial charge < -0.3 is 0 Å². The van der Waals surface area contributed by atoms with Gasteiger partial charge in [-0.2, -0.15) is 4.99 Å². The maximum absolute atomic E-state index is 11.2. The number of carbonyl (C=O) groups excluding carboxylic acids is 2. The summed E-state index contributed by atoms with van der Waals surface area (Å²) in [5, 5.41) is 2.17. The smallest absolute Gasteiger partial charge is 0.271 e. The second-order valence-electron chi connectivity index (χ2n) is 5.25. The summed E-state index contributed by atoms with van der Waals surface area (Å²) in [6.07, 6.45) is 13.3. The van der Waals surface area contributed by atoms with Crippen molar-refractivity contribution in [2.45, 2.75) is 77.6 Å². The van der Waals surface area contributed by atoms with Crippen LogP contribution in [0.5, 0.6) is 0 Å². The number of urea groups is 1. The van der Waals surface area contributed by atoms with E-state index < -0.39 is 6.03 Å². The predicted molar refractivity (Wildman–Crippen MR) is 77.4 cm³/mol. The molecule has 3 amide bonds. The summed E-state index contributed by atoms with van der Waals surface area (Å²) in [6, 6.07) is -0.507. The van der Waals surface area contributed by atoms with Gasteiger partial charge in [0.15, 0.2) is 0 Å². The van der Waals surface area contributed by atoms with Crippen LogP contribution in [0.4, 0.5) is 4.79 Å². The topological polar surface area (TPSA) is 58.5 Å². The minimum Gasteiger partial charge on any atom is -0.271 e. The van der Waals surface area contributed by atoms with Crippen LogP contribution in [-0.4, -0.2) is 17.6 Å². The van der Waals surface area contributed by atoms with Crippen LogP contribution < -0.4 is 5.32 Å². The van der Waals surface area contributed by atoms with Gasteiger partial charge in [-0.3, -0.25) is 10.1 Å². The predicted octanol–water partition coefficient (Wildman–Crippen LogP) is 3.99. The van der Waals surface area contributed by atoms with Crippen molar-refractivity contribution < 1.29 is 9.59 Å². The number of unbranched alkanes of at least 4 members (excludes halogenated alkanes) is 9. The minimum absolute atomic E-state index is 0.305. The van der Waals surface area contributed by atoms with Gasteiger partial charge in [-0.05, 0) is 12.8 Å². The van der Waals surface area contributed by atoms with Gasteiger partial charge >= 0.3 is 6.03 Å². The van der Waals surface area contributed by atoms with Gasteiger partial charge in [0.25, 0.3) is 5.91 Å². The molecule has 1 aliphatic heterocycles. The maximum atomic E-state index is 11.2. The summed E-state index contributed by atoms with van der Waals surface area (Å²) in [5.74, 6) is -0.305. The number of amides is 3. The van der Waals surface area contributed by atoms with E-state index in [0.717, 1.165) is 12.8 Å². The van der Waals surface area contributed by atoms with Crippen LogP contribution in [0.25, 0.3) is 0 Å². The number of aliphatic imine (C=N–C) groups is 1. The Morgan fingerprint density at radius 3 is 1.84 bits per heavy atom. The fraction of sp³-hybridized carbons (Fsp3) is 0.800. The van der Waals surface area contributed by atoms with Crippen LogP contribution >= 0.6 is 0 Å². The highest BCUT2D eigenvalue weighted by molar-refractivity contribution is 6.46. The van der Waals surface area contributed by atoms with E-state index in [2.05, 4.69) is 17.2 Å². The van der Waals surface area contributed by atoms with E-state index in [1.165, 1.54) is 51.4 Å². The number of imide groups is 1. The molecule has 0 aromatic heterocycles. The molecule has 1 N–H and O–H groups in total. The van der Waals surface area contributed by atoms with Crippen molar-refractivity contribution in [1.29, 1.82) is 0 Å². The molecule has 19 heavy (non-hydrogen) atoms. The molecule has 0 aliphatic carbocycles. The van der Waals surface area contributed by atoms with Crippen LogP contribution in [0.15, 0.2) is 4.99 Å². The molecule has 0 aromatic rings. The number of hydrogen-bond donors (Lipinski definition) is 1. The van der Waals surface area contributed by atoms with Gasteiger partial charge in [0.05, 0.1) is 0 Å². The summed E-state index contributed by atoms with van der Waals surface area (Å²) in [5.41, 5.74) is 0.407. The highest BCUT2D eigenvalue weighted by Crippen LogP contribution is 2.12. The third kappa shape index (κ3) is 7.09. The molecule has 0 atom stereocenters. The first kappa shape index (κ1) is 15.9. The summed E-state index contributed by atoms with van der Waals surface area (Å²) >= 11 is 0. The van der Waals surface area contributed by atoms with Crippen LogP contribution in [-0.2, 0) is 4.79 Å². The molecule has 0 saturated heterocycles. The monoisotopic (exact) mass is 266 g/mol. The van der Waals surface area contributed by atoms with Gasteiger partial charge in [0.1, 0.15) is 5.71 Å². The molecule has 0 spiro atoms. The fourth-order valence-corrected chi connectivity index (χ4v) is 2.32. The molecular formula is C15H26N2O2. The Hall–Kier alpha value is -1.19. The second kappa shape index (κ2) is 9.70. The van der Waals surface area contributed by atoms with Gasteiger partial charge in [-0.1, -0.05) is 64.7 Å². The Kier molecular flexibility index (Phi) is 8.10. The number of nitrogens with zero attached hydrogens (tertiary/aromatic N) is 1. The van der Waals surface area contributed by atoms with Crippen molar-refractivity contribution in [2.24, 2.45) is 4.99 Å². The Bertz CT molecular complexity index is 324. The lowest BCUT2D eigenvalue weighted by molar-refractivity contribution is -0.113. The van der Waals surface area contributed by atoms with Crippen molar-refractivity contribution in [3.63, 3.8) is 0 Å². The van der Waals surface area contributed by atoms with Crippen molar-refractivity contribution in [3.05, 3.63) is 0 Å². The molecule has 0 unspecified atom stereocenters. The van der Waals surface area contributed by atoms with Crippen LogP contribution in [0.3, 0.4) is 0 Å². The number of rotatable bonds is 11. The Morgan fingerprint density at radius 1 is 0.842 bits per heavy atom. The highest BCUT2D eigenvalue weighted by atomic mass is 16.2. The summed E-state index contributed by atoms with van der Waals surface area (Å²) in [7, 11) is 0. The van der Waals surface area contributed by atoms with Crippen molar-refractivity contribution >= 4 is 17.6 Å². The lowest BCUT2D eigenvalue weighted by atomic mass is 10.0. The third-order valence-electron chi connectivity index (χ3n) is 3.49. The summed E-state index contributed by atoms with van der Waals surface area (Å²) < 4.78 is 0. The van der Waals surface area contributed by atoms with E-state index >= 15 is 0 Å². The number of carbonyl (C=O) groups is 2. The van der Waals surface area contributed by atoms with Gasteiger partial charge in [0.2, 0.25) is 0 Å². The molecule has 108 valence electrons. The average molecular weight is 266 g/mol. The zero-order valence-electron chi connectivity index (χ0n) is 12.0. The van der Waals surface area contributed by atoms with E-state index in [4.69, 9.17) is 0 Å². The third-order valence-corrected chi connectivity index (χ3v) is 3.49.